The smallest absolute Gasteiger partial charge is 0.338 e. The summed E-state index contributed by atoms with van der Waals surface area (Å²) in [5.41, 5.74) is 6.69. The van der Waals surface area contributed by atoms with E-state index in [0.717, 1.165) is 0 Å². The van der Waals surface area contributed by atoms with Gasteiger partial charge >= 0.3 is 5.97 Å². The van der Waals surface area contributed by atoms with Gasteiger partial charge in [0.05, 0.1) is 24.7 Å². The molecule has 1 aliphatic rings. The van der Waals surface area contributed by atoms with Crippen molar-refractivity contribution in [2.75, 3.05) is 13.2 Å². The van der Waals surface area contributed by atoms with Crippen LogP contribution in [0.15, 0.2) is 41.0 Å². The highest BCUT2D eigenvalue weighted by Crippen LogP contribution is 2.41. The van der Waals surface area contributed by atoms with Crippen LogP contribution in [0.25, 0.3) is 0 Å². The highest BCUT2D eigenvalue weighted by molar-refractivity contribution is 5.92. The number of esters is 1. The summed E-state index contributed by atoms with van der Waals surface area (Å²) in [6.07, 6.45) is 0. The number of hydrogen-bond donors (Lipinski definition) is 2. The average molecular weight is 344 g/mol. The van der Waals surface area contributed by atoms with E-state index in [1.807, 2.05) is 6.07 Å². The lowest BCUT2D eigenvalue weighted by atomic mass is 9.83. The molecule has 0 fully saturated rings. The lowest BCUT2D eigenvalue weighted by Gasteiger charge is -2.27. The van der Waals surface area contributed by atoms with Crippen molar-refractivity contribution >= 4 is 5.97 Å². The predicted molar refractivity (Wildman–Crippen MR) is 89.3 cm³/mol. The first-order valence-electron chi connectivity index (χ1n) is 7.85. The third kappa shape index (κ3) is 3.53. The molecule has 1 unspecified atom stereocenters. The molecule has 0 spiro atoms. The number of allylic oxidation sites excluding steroid dienone is 2. The SMILES string of the molecule is CCOC(=O)C1=C(C)OC(N)=C(C#N)C1c1ccc(O)c(OCC)c1. The summed E-state index contributed by atoms with van der Waals surface area (Å²) in [7, 11) is 0. The van der Waals surface area contributed by atoms with Gasteiger partial charge in [-0.15, -0.1) is 0 Å². The standard InChI is InChI=1S/C18H20N2O5/c1-4-23-14-8-11(6-7-13(14)21)16-12(9-19)17(20)25-10(3)15(16)18(22)24-5-2/h6-8,16,21H,4-5,20H2,1-3H3. The Morgan fingerprint density at radius 1 is 1.40 bits per heavy atom. The summed E-state index contributed by atoms with van der Waals surface area (Å²) >= 11 is 0. The minimum Gasteiger partial charge on any atom is -0.504 e. The number of aromatic hydroxyl groups is 1. The van der Waals surface area contributed by atoms with Crippen LogP contribution in [0.5, 0.6) is 11.5 Å². The molecule has 1 heterocycles. The fraction of sp³-hybridized carbons (Fsp3) is 0.333. The first-order chi connectivity index (χ1) is 11.9. The Hall–Kier alpha value is -3.14. The van der Waals surface area contributed by atoms with Crippen molar-refractivity contribution < 1.29 is 24.1 Å². The molecule has 0 saturated carbocycles. The van der Waals surface area contributed by atoms with E-state index in [1.54, 1.807) is 32.9 Å². The summed E-state index contributed by atoms with van der Waals surface area (Å²) in [4.78, 5) is 12.4. The molecule has 7 heteroatoms. The number of phenolic OH excluding ortho intramolecular Hbond substituents is 1. The lowest BCUT2D eigenvalue weighted by Crippen LogP contribution is -2.25. The fourth-order valence-electron chi connectivity index (χ4n) is 2.67. The molecule has 3 N–H and O–H groups in total. The maximum absolute atomic E-state index is 12.4. The summed E-state index contributed by atoms with van der Waals surface area (Å²) < 4.78 is 15.8. The van der Waals surface area contributed by atoms with Crippen LogP contribution in [0.2, 0.25) is 0 Å². The van der Waals surface area contributed by atoms with Crippen molar-refractivity contribution in [2.24, 2.45) is 5.73 Å². The molecule has 1 aliphatic heterocycles. The molecule has 7 nitrogen and oxygen atoms in total. The minimum atomic E-state index is -0.766. The van der Waals surface area contributed by atoms with Crippen LogP contribution in [0, 0.1) is 11.3 Å². The molecule has 0 radical (unpaired) electrons. The van der Waals surface area contributed by atoms with Gasteiger partial charge in [-0.2, -0.15) is 5.26 Å². The average Bonchev–Trinajstić information content (AvgIpc) is 2.56. The van der Waals surface area contributed by atoms with Gasteiger partial charge in [-0.25, -0.2) is 4.79 Å². The van der Waals surface area contributed by atoms with Crippen LogP contribution < -0.4 is 10.5 Å². The predicted octanol–water partition coefficient (Wildman–Crippen LogP) is 2.44. The molecular formula is C18H20N2O5. The Labute approximate surface area is 145 Å². The molecule has 0 amide bonds. The molecule has 0 bridgehead atoms. The number of rotatable bonds is 5. The van der Waals surface area contributed by atoms with Gasteiger partial charge in [0.1, 0.15) is 17.4 Å². The number of nitriles is 1. The molecule has 0 saturated heterocycles. The number of nitrogens with zero attached hydrogens (tertiary/aromatic N) is 1. The highest BCUT2D eigenvalue weighted by Gasteiger charge is 2.36. The number of nitrogens with two attached hydrogens (primary N) is 1. The molecule has 2 rings (SSSR count). The number of benzene rings is 1. The van der Waals surface area contributed by atoms with Crippen molar-refractivity contribution in [3.05, 3.63) is 46.6 Å². The van der Waals surface area contributed by atoms with Gasteiger partial charge in [0, 0.05) is 0 Å². The van der Waals surface area contributed by atoms with E-state index < -0.39 is 11.9 Å². The van der Waals surface area contributed by atoms with Gasteiger partial charge in [-0.3, -0.25) is 0 Å². The van der Waals surface area contributed by atoms with E-state index in [9.17, 15) is 15.2 Å². The van der Waals surface area contributed by atoms with Crippen molar-refractivity contribution in [1.29, 1.82) is 5.26 Å². The Morgan fingerprint density at radius 2 is 2.12 bits per heavy atom. The zero-order chi connectivity index (χ0) is 18.6. The van der Waals surface area contributed by atoms with E-state index in [2.05, 4.69) is 0 Å². The molecule has 1 aromatic carbocycles. The fourth-order valence-corrected chi connectivity index (χ4v) is 2.67. The number of carbonyl (C=O) groups is 1. The van der Waals surface area contributed by atoms with Crippen LogP contribution >= 0.6 is 0 Å². The zero-order valence-corrected chi connectivity index (χ0v) is 14.3. The summed E-state index contributed by atoms with van der Waals surface area (Å²) in [6.45, 7) is 5.60. The van der Waals surface area contributed by atoms with Crippen molar-refractivity contribution in [2.45, 2.75) is 26.7 Å². The van der Waals surface area contributed by atoms with Crippen molar-refractivity contribution in [1.82, 2.24) is 0 Å². The Balaban J connectivity index is 2.62. The number of carbonyl (C=O) groups excluding carboxylic acids is 1. The van der Waals surface area contributed by atoms with Crippen LogP contribution in [-0.2, 0) is 14.3 Å². The molecule has 0 aliphatic carbocycles. The molecule has 25 heavy (non-hydrogen) atoms. The second-order valence-corrected chi connectivity index (χ2v) is 5.28. The van der Waals surface area contributed by atoms with Gasteiger partial charge in [0.15, 0.2) is 11.5 Å². The monoisotopic (exact) mass is 344 g/mol. The first kappa shape index (κ1) is 18.2. The normalized spacial score (nSPS) is 17.0. The van der Waals surface area contributed by atoms with E-state index in [4.69, 9.17) is 19.9 Å². The van der Waals surface area contributed by atoms with Gasteiger partial charge in [0.25, 0.3) is 0 Å². The van der Waals surface area contributed by atoms with E-state index >= 15 is 0 Å². The minimum absolute atomic E-state index is 0.0356. The van der Waals surface area contributed by atoms with Gasteiger partial charge in [-0.05, 0) is 38.5 Å². The van der Waals surface area contributed by atoms with E-state index in [-0.39, 0.29) is 40.9 Å². The molecule has 1 aromatic rings. The van der Waals surface area contributed by atoms with Crippen LogP contribution in [0.3, 0.4) is 0 Å². The molecule has 132 valence electrons. The van der Waals surface area contributed by atoms with Gasteiger partial charge in [-0.1, -0.05) is 6.07 Å². The van der Waals surface area contributed by atoms with Gasteiger partial charge < -0.3 is 25.1 Å². The summed E-state index contributed by atoms with van der Waals surface area (Å²) in [5.74, 6) is -0.932. The summed E-state index contributed by atoms with van der Waals surface area (Å²) in [6, 6.07) is 6.62. The highest BCUT2D eigenvalue weighted by atomic mass is 16.5. The van der Waals surface area contributed by atoms with Gasteiger partial charge in [0.2, 0.25) is 5.88 Å². The van der Waals surface area contributed by atoms with Crippen LogP contribution in [-0.4, -0.2) is 24.3 Å². The number of phenols is 1. The lowest BCUT2D eigenvalue weighted by molar-refractivity contribution is -0.139. The van der Waals surface area contributed by atoms with Crippen LogP contribution in [0.1, 0.15) is 32.3 Å². The zero-order valence-electron chi connectivity index (χ0n) is 14.3. The second-order valence-electron chi connectivity index (χ2n) is 5.28. The third-order valence-corrected chi connectivity index (χ3v) is 3.72. The second kappa shape index (κ2) is 7.62. The quantitative estimate of drug-likeness (QED) is 0.788. The molecular weight excluding hydrogens is 324 g/mol. The Bertz CT molecular complexity index is 789. The Morgan fingerprint density at radius 3 is 2.72 bits per heavy atom. The number of ether oxygens (including phenoxy) is 3. The first-order valence-corrected chi connectivity index (χ1v) is 7.85. The number of hydrogen-bond acceptors (Lipinski definition) is 7. The maximum Gasteiger partial charge on any atom is 0.338 e. The van der Waals surface area contributed by atoms with Crippen LogP contribution in [0.4, 0.5) is 0 Å². The van der Waals surface area contributed by atoms with E-state index in [1.165, 1.54) is 6.07 Å². The van der Waals surface area contributed by atoms with E-state index in [0.29, 0.717) is 12.2 Å². The maximum atomic E-state index is 12.4. The Kier molecular flexibility index (Phi) is 5.55. The topological polar surface area (TPSA) is 115 Å². The third-order valence-electron chi connectivity index (χ3n) is 3.72. The molecule has 0 aromatic heterocycles. The largest absolute Gasteiger partial charge is 0.504 e. The van der Waals surface area contributed by atoms with Crippen molar-refractivity contribution in [3.63, 3.8) is 0 Å². The van der Waals surface area contributed by atoms with Crippen molar-refractivity contribution in [3.8, 4) is 17.6 Å². The summed E-state index contributed by atoms with van der Waals surface area (Å²) in [5, 5.41) is 19.4. The molecule has 1 atom stereocenters.